The van der Waals surface area contributed by atoms with E-state index in [0.717, 1.165) is 17.0 Å². The number of hydrazone groups is 1. The second kappa shape index (κ2) is 5.06. The highest BCUT2D eigenvalue weighted by atomic mass is 16.5. The molecule has 1 rings (SSSR count). The molecule has 0 aliphatic rings. The summed E-state index contributed by atoms with van der Waals surface area (Å²) in [5.41, 5.74) is 4.04. The summed E-state index contributed by atoms with van der Waals surface area (Å²) in [4.78, 5) is 0. The van der Waals surface area contributed by atoms with E-state index >= 15 is 0 Å². The zero-order chi connectivity index (χ0) is 11.3. The van der Waals surface area contributed by atoms with Crippen LogP contribution in [0.4, 0.5) is 5.69 Å². The number of hydrogen-bond acceptors (Lipinski definition) is 5. The first kappa shape index (κ1) is 11.1. The minimum absolute atomic E-state index is 0.411. The van der Waals surface area contributed by atoms with Crippen LogP contribution in [0.25, 0.3) is 0 Å². The van der Waals surface area contributed by atoms with Crippen LogP contribution in [-0.4, -0.2) is 20.0 Å². The van der Waals surface area contributed by atoms with Crippen molar-refractivity contribution in [1.82, 2.24) is 5.43 Å². The normalized spacial score (nSPS) is 11.0. The van der Waals surface area contributed by atoms with Crippen molar-refractivity contribution in [3.63, 3.8) is 0 Å². The van der Waals surface area contributed by atoms with E-state index in [1.807, 2.05) is 18.2 Å². The van der Waals surface area contributed by atoms with E-state index in [-0.39, 0.29) is 0 Å². The molecule has 6 heteroatoms. The van der Waals surface area contributed by atoms with Gasteiger partial charge in [-0.15, -0.1) is 0 Å². The van der Waals surface area contributed by atoms with E-state index < -0.39 is 0 Å². The highest BCUT2D eigenvalue weighted by Gasteiger charge is 2.06. The van der Waals surface area contributed by atoms with Crippen molar-refractivity contribution in [2.75, 3.05) is 19.5 Å². The molecular weight excluding hydrogens is 194 g/mol. The van der Waals surface area contributed by atoms with Crippen LogP contribution in [0, 0.1) is 0 Å². The van der Waals surface area contributed by atoms with Gasteiger partial charge in [0.25, 0.3) is 0 Å². The zero-order valence-corrected chi connectivity index (χ0v) is 8.74. The van der Waals surface area contributed by atoms with Crippen molar-refractivity contribution in [3.05, 3.63) is 23.8 Å². The lowest BCUT2D eigenvalue weighted by Crippen LogP contribution is -2.32. The van der Waals surface area contributed by atoms with Crippen LogP contribution >= 0.6 is 0 Å². The van der Waals surface area contributed by atoms with Crippen LogP contribution in [0.1, 0.15) is 5.56 Å². The summed E-state index contributed by atoms with van der Waals surface area (Å²) in [6.07, 6.45) is 0. The molecule has 0 spiro atoms. The molecule has 0 bridgehead atoms. The number of anilines is 1. The smallest absolute Gasteiger partial charge is 0.166 e. The number of amidine groups is 1. The topological polar surface area (TPSA) is 97.7 Å². The van der Waals surface area contributed by atoms with Gasteiger partial charge >= 0.3 is 0 Å². The van der Waals surface area contributed by atoms with Crippen LogP contribution in [0.2, 0.25) is 0 Å². The molecule has 0 aliphatic carbocycles. The van der Waals surface area contributed by atoms with Gasteiger partial charge in [0.2, 0.25) is 0 Å². The van der Waals surface area contributed by atoms with Crippen molar-refractivity contribution in [2.24, 2.45) is 16.8 Å². The number of nitrogens with two attached hydrogens (primary N) is 2. The summed E-state index contributed by atoms with van der Waals surface area (Å²) in [7, 11) is 3.41. The maximum absolute atomic E-state index is 5.26. The fraction of sp³-hybridized carbons (Fsp3) is 0.222. The number of rotatable bonds is 3. The maximum Gasteiger partial charge on any atom is 0.166 e. The van der Waals surface area contributed by atoms with Gasteiger partial charge in [-0.05, 0) is 18.2 Å². The molecule has 0 amide bonds. The molecule has 0 aromatic heterocycles. The van der Waals surface area contributed by atoms with Crippen LogP contribution < -0.4 is 27.2 Å². The average molecular weight is 209 g/mol. The van der Waals surface area contributed by atoms with Crippen molar-refractivity contribution >= 4 is 11.5 Å². The number of nitrogens with one attached hydrogen (secondary N) is 2. The lowest BCUT2D eigenvalue weighted by molar-refractivity contribution is 0.416. The summed E-state index contributed by atoms with van der Waals surface area (Å²) < 4.78 is 5.15. The highest BCUT2D eigenvalue weighted by molar-refractivity contribution is 5.99. The van der Waals surface area contributed by atoms with Crippen LogP contribution in [0.5, 0.6) is 5.75 Å². The predicted molar refractivity (Wildman–Crippen MR) is 60.6 cm³/mol. The van der Waals surface area contributed by atoms with Gasteiger partial charge in [0.1, 0.15) is 5.75 Å². The fourth-order valence-electron chi connectivity index (χ4n) is 1.25. The standard InChI is InChI=1S/C9H15N5O/c1-12-7-5-6(9(13-10)14-11)3-4-8(7)15-2/h3-5,12H,10-11H2,1-2H3,(H,13,14). The van der Waals surface area contributed by atoms with Gasteiger partial charge in [-0.1, -0.05) is 0 Å². The highest BCUT2D eigenvalue weighted by Crippen LogP contribution is 2.24. The molecule has 0 aliphatic heterocycles. The molecule has 1 aromatic rings. The lowest BCUT2D eigenvalue weighted by atomic mass is 10.1. The van der Waals surface area contributed by atoms with E-state index in [1.54, 1.807) is 14.2 Å². The summed E-state index contributed by atoms with van der Waals surface area (Å²) in [5, 5.41) is 6.52. The summed E-state index contributed by atoms with van der Waals surface area (Å²) in [6.45, 7) is 0. The average Bonchev–Trinajstić information content (AvgIpc) is 2.30. The number of methoxy groups -OCH3 is 1. The van der Waals surface area contributed by atoms with E-state index in [0.29, 0.717) is 5.84 Å². The number of ether oxygens (including phenoxy) is 1. The molecule has 0 radical (unpaired) electrons. The molecule has 1 aromatic carbocycles. The molecule has 6 nitrogen and oxygen atoms in total. The van der Waals surface area contributed by atoms with Gasteiger partial charge in [-0.2, -0.15) is 5.10 Å². The molecule has 0 heterocycles. The van der Waals surface area contributed by atoms with Crippen LogP contribution in [-0.2, 0) is 0 Å². The van der Waals surface area contributed by atoms with Crippen molar-refractivity contribution < 1.29 is 4.74 Å². The van der Waals surface area contributed by atoms with Gasteiger partial charge in [0, 0.05) is 12.6 Å². The van der Waals surface area contributed by atoms with Gasteiger partial charge < -0.3 is 21.3 Å². The Balaban J connectivity index is 3.13. The molecule has 6 N–H and O–H groups in total. The SMILES string of the molecule is CNc1cc(/C(=N/N)NN)ccc1OC. The Kier molecular flexibility index (Phi) is 3.75. The zero-order valence-electron chi connectivity index (χ0n) is 8.74. The Morgan fingerprint density at radius 1 is 1.47 bits per heavy atom. The number of benzene rings is 1. The van der Waals surface area contributed by atoms with Crippen LogP contribution in [0.3, 0.4) is 0 Å². The minimum atomic E-state index is 0.411. The largest absolute Gasteiger partial charge is 0.495 e. The Morgan fingerprint density at radius 3 is 2.67 bits per heavy atom. The number of hydrogen-bond donors (Lipinski definition) is 4. The Morgan fingerprint density at radius 2 is 2.20 bits per heavy atom. The third-order valence-corrected chi connectivity index (χ3v) is 2.01. The van der Waals surface area contributed by atoms with Crippen molar-refractivity contribution in [3.8, 4) is 5.75 Å². The van der Waals surface area contributed by atoms with Gasteiger partial charge in [0.15, 0.2) is 5.84 Å². The Labute approximate surface area is 88.3 Å². The lowest BCUT2D eigenvalue weighted by Gasteiger charge is -2.10. The summed E-state index contributed by atoms with van der Waals surface area (Å²) in [6, 6.07) is 5.46. The monoisotopic (exact) mass is 209 g/mol. The number of hydrazine groups is 1. The van der Waals surface area contributed by atoms with E-state index in [2.05, 4.69) is 15.8 Å². The first-order chi connectivity index (χ1) is 7.26. The second-order valence-corrected chi connectivity index (χ2v) is 2.79. The second-order valence-electron chi connectivity index (χ2n) is 2.79. The van der Waals surface area contributed by atoms with Gasteiger partial charge in [-0.25, -0.2) is 5.84 Å². The van der Waals surface area contributed by atoms with E-state index in [9.17, 15) is 0 Å². The van der Waals surface area contributed by atoms with E-state index in [1.165, 1.54) is 0 Å². The summed E-state index contributed by atoms with van der Waals surface area (Å²) >= 11 is 0. The number of nitrogens with zero attached hydrogens (tertiary/aromatic N) is 1. The minimum Gasteiger partial charge on any atom is -0.495 e. The molecule has 0 saturated carbocycles. The third-order valence-electron chi connectivity index (χ3n) is 2.01. The van der Waals surface area contributed by atoms with Gasteiger partial charge in [-0.3, -0.25) is 0 Å². The molecular formula is C9H15N5O. The molecule has 82 valence electrons. The Bertz CT molecular complexity index is 364. The molecule has 0 unspecified atom stereocenters. The van der Waals surface area contributed by atoms with Crippen LogP contribution in [0.15, 0.2) is 23.3 Å². The predicted octanol–water partition coefficient (Wildman–Crippen LogP) is -0.179. The van der Waals surface area contributed by atoms with E-state index in [4.69, 9.17) is 16.4 Å². The maximum atomic E-state index is 5.26. The molecule has 0 fully saturated rings. The first-order valence-corrected chi connectivity index (χ1v) is 4.37. The Hall–Kier alpha value is -1.95. The van der Waals surface area contributed by atoms with Gasteiger partial charge in [0.05, 0.1) is 12.8 Å². The van der Waals surface area contributed by atoms with Crippen molar-refractivity contribution in [2.45, 2.75) is 0 Å². The molecule has 0 atom stereocenters. The van der Waals surface area contributed by atoms with Crippen molar-refractivity contribution in [1.29, 1.82) is 0 Å². The molecule has 0 saturated heterocycles. The first-order valence-electron chi connectivity index (χ1n) is 4.37. The quantitative estimate of drug-likeness (QED) is 0.240. The fourth-order valence-corrected chi connectivity index (χ4v) is 1.25. The molecule has 15 heavy (non-hydrogen) atoms. The third kappa shape index (κ3) is 2.29. The summed E-state index contributed by atoms with van der Waals surface area (Å²) in [5.74, 6) is 11.6.